The number of ether oxygens (including phenoxy) is 3. The number of guanidine groups is 1. The Bertz CT molecular complexity index is 808. The van der Waals surface area contributed by atoms with Crippen molar-refractivity contribution < 1.29 is 14.2 Å². The van der Waals surface area contributed by atoms with Gasteiger partial charge in [-0.15, -0.1) is 24.0 Å². The predicted molar refractivity (Wildman–Crippen MR) is 129 cm³/mol. The number of benzene rings is 1. The highest BCUT2D eigenvalue weighted by Gasteiger charge is 2.29. The third-order valence-corrected chi connectivity index (χ3v) is 4.77. The normalized spacial score (nSPS) is 18.4. The van der Waals surface area contributed by atoms with Gasteiger partial charge in [-0.25, -0.2) is 4.98 Å². The smallest absolute Gasteiger partial charge is 0.219 e. The summed E-state index contributed by atoms with van der Waals surface area (Å²) in [6, 6.07) is 11.4. The van der Waals surface area contributed by atoms with Crippen molar-refractivity contribution in [3.05, 3.63) is 48.2 Å². The Balaban J connectivity index is 0.00000320. The zero-order chi connectivity index (χ0) is 20.5. The summed E-state index contributed by atoms with van der Waals surface area (Å²) in [6.07, 6.45) is 3.91. The van der Waals surface area contributed by atoms with E-state index in [0.717, 1.165) is 43.3 Å². The largest absolute Gasteiger partial charge is 0.494 e. The van der Waals surface area contributed by atoms with Gasteiger partial charge in [0.2, 0.25) is 5.88 Å². The van der Waals surface area contributed by atoms with E-state index in [2.05, 4.69) is 27.5 Å². The van der Waals surface area contributed by atoms with Gasteiger partial charge in [0.25, 0.3) is 0 Å². The lowest BCUT2D eigenvalue weighted by atomic mass is 10.0. The van der Waals surface area contributed by atoms with Crippen molar-refractivity contribution in [1.29, 1.82) is 0 Å². The van der Waals surface area contributed by atoms with Crippen LogP contribution in [0.3, 0.4) is 0 Å². The molecule has 1 aromatic carbocycles. The molecule has 1 aromatic heterocycles. The van der Waals surface area contributed by atoms with Crippen LogP contribution in [0, 0.1) is 0 Å². The molecular weight excluding hydrogens is 495 g/mol. The second kappa shape index (κ2) is 11.9. The van der Waals surface area contributed by atoms with E-state index in [0.29, 0.717) is 24.8 Å². The molecule has 1 fully saturated rings. The zero-order valence-corrected chi connectivity index (χ0v) is 20.1. The van der Waals surface area contributed by atoms with Crippen LogP contribution in [-0.2, 0) is 11.3 Å². The number of nitrogens with zero attached hydrogens (tertiary/aromatic N) is 2. The van der Waals surface area contributed by atoms with Crippen molar-refractivity contribution in [2.24, 2.45) is 4.99 Å². The number of nitrogens with one attached hydrogen (secondary N) is 2. The van der Waals surface area contributed by atoms with Crippen LogP contribution in [0.2, 0.25) is 0 Å². The Labute approximate surface area is 195 Å². The SMILES string of the molecule is CCOc1ccc(Oc2cc(CNC(=NC)NCC3(C)CCCO3)ccn2)cc1.I. The standard InChI is InChI=1S/C22H30N4O3.HI/c1-4-27-18-6-8-19(9-7-18)29-20-14-17(10-12-24-20)15-25-21(23-3)26-16-22(2)11-5-13-28-22;/h6-10,12,14H,4-5,11,13,15-16H2,1-3H3,(H2,23,25,26);1H. The number of aromatic nitrogens is 1. The third-order valence-electron chi connectivity index (χ3n) is 4.77. The molecule has 8 heteroatoms. The first-order chi connectivity index (χ1) is 14.1. The van der Waals surface area contributed by atoms with Crippen molar-refractivity contribution in [3.8, 4) is 17.4 Å². The van der Waals surface area contributed by atoms with E-state index in [4.69, 9.17) is 14.2 Å². The molecule has 7 nitrogen and oxygen atoms in total. The van der Waals surface area contributed by atoms with Gasteiger partial charge in [0, 0.05) is 39.0 Å². The molecule has 0 aliphatic carbocycles. The highest BCUT2D eigenvalue weighted by Crippen LogP contribution is 2.24. The summed E-state index contributed by atoms with van der Waals surface area (Å²) >= 11 is 0. The molecular formula is C22H31IN4O3. The van der Waals surface area contributed by atoms with Crippen LogP contribution >= 0.6 is 24.0 Å². The van der Waals surface area contributed by atoms with Gasteiger partial charge in [0.05, 0.1) is 12.2 Å². The molecule has 0 bridgehead atoms. The molecule has 2 aromatic rings. The molecule has 30 heavy (non-hydrogen) atoms. The summed E-state index contributed by atoms with van der Waals surface area (Å²) in [4.78, 5) is 8.58. The predicted octanol–water partition coefficient (Wildman–Crippen LogP) is 4.12. The molecule has 1 aliphatic heterocycles. The summed E-state index contributed by atoms with van der Waals surface area (Å²) in [5, 5.41) is 6.67. The maximum atomic E-state index is 5.86. The Hall–Kier alpha value is -2.07. The summed E-state index contributed by atoms with van der Waals surface area (Å²) in [7, 11) is 1.76. The fourth-order valence-corrected chi connectivity index (χ4v) is 3.16. The number of pyridine rings is 1. The topological polar surface area (TPSA) is 77.0 Å². The van der Waals surface area contributed by atoms with Crippen LogP contribution in [0.1, 0.15) is 32.3 Å². The molecule has 164 valence electrons. The lowest BCUT2D eigenvalue weighted by Crippen LogP contribution is -2.45. The number of halogens is 1. The zero-order valence-electron chi connectivity index (χ0n) is 17.8. The van der Waals surface area contributed by atoms with Gasteiger partial charge in [-0.05, 0) is 62.6 Å². The number of hydrogen-bond acceptors (Lipinski definition) is 5. The van der Waals surface area contributed by atoms with E-state index < -0.39 is 0 Å². The van der Waals surface area contributed by atoms with Gasteiger partial charge in [0.15, 0.2) is 5.96 Å². The molecule has 0 amide bonds. The van der Waals surface area contributed by atoms with Gasteiger partial charge in [0.1, 0.15) is 11.5 Å². The summed E-state index contributed by atoms with van der Waals surface area (Å²) in [6.45, 7) is 6.91. The van der Waals surface area contributed by atoms with Crippen LogP contribution in [0.25, 0.3) is 0 Å². The van der Waals surface area contributed by atoms with Crippen molar-refractivity contribution in [1.82, 2.24) is 15.6 Å². The average Bonchev–Trinajstić information content (AvgIpc) is 3.17. The first kappa shape index (κ1) is 24.2. The highest BCUT2D eigenvalue weighted by atomic mass is 127. The van der Waals surface area contributed by atoms with Crippen LogP contribution in [-0.4, -0.2) is 43.4 Å². The summed E-state index contributed by atoms with van der Waals surface area (Å²) in [5.74, 6) is 2.82. The Morgan fingerprint density at radius 1 is 1.20 bits per heavy atom. The lowest BCUT2D eigenvalue weighted by Gasteiger charge is -2.24. The fourth-order valence-electron chi connectivity index (χ4n) is 3.16. The molecule has 1 atom stereocenters. The number of hydrogen-bond donors (Lipinski definition) is 2. The molecule has 0 saturated carbocycles. The molecule has 0 spiro atoms. The van der Waals surface area contributed by atoms with E-state index in [9.17, 15) is 0 Å². The molecule has 1 aliphatic rings. The van der Waals surface area contributed by atoms with Gasteiger partial charge in [-0.2, -0.15) is 0 Å². The highest BCUT2D eigenvalue weighted by molar-refractivity contribution is 14.0. The molecule has 0 radical (unpaired) electrons. The summed E-state index contributed by atoms with van der Waals surface area (Å²) < 4.78 is 17.1. The van der Waals surface area contributed by atoms with E-state index in [1.54, 1.807) is 13.2 Å². The van der Waals surface area contributed by atoms with Crippen LogP contribution in [0.5, 0.6) is 17.4 Å². The first-order valence-electron chi connectivity index (χ1n) is 10.0. The second-order valence-corrected chi connectivity index (χ2v) is 7.19. The van der Waals surface area contributed by atoms with E-state index in [1.807, 2.05) is 43.3 Å². The minimum Gasteiger partial charge on any atom is -0.494 e. The van der Waals surface area contributed by atoms with Crippen molar-refractivity contribution in [2.45, 2.75) is 38.8 Å². The molecule has 3 rings (SSSR count). The number of aliphatic imine (C=N–C) groups is 1. The molecule has 2 N–H and O–H groups in total. The molecule has 1 unspecified atom stereocenters. The van der Waals surface area contributed by atoms with E-state index in [-0.39, 0.29) is 29.6 Å². The lowest BCUT2D eigenvalue weighted by molar-refractivity contribution is 0.0243. The van der Waals surface area contributed by atoms with Gasteiger partial charge in [-0.3, -0.25) is 4.99 Å². The van der Waals surface area contributed by atoms with Crippen molar-refractivity contribution >= 4 is 29.9 Å². The van der Waals surface area contributed by atoms with Crippen LogP contribution in [0.4, 0.5) is 0 Å². The third kappa shape index (κ3) is 7.32. The van der Waals surface area contributed by atoms with Gasteiger partial charge < -0.3 is 24.8 Å². The maximum absolute atomic E-state index is 5.86. The average molecular weight is 526 g/mol. The second-order valence-electron chi connectivity index (χ2n) is 7.19. The fraction of sp³-hybridized carbons (Fsp3) is 0.455. The molecule has 2 heterocycles. The van der Waals surface area contributed by atoms with Gasteiger partial charge in [-0.1, -0.05) is 0 Å². The van der Waals surface area contributed by atoms with Crippen LogP contribution in [0.15, 0.2) is 47.6 Å². The van der Waals surface area contributed by atoms with Crippen molar-refractivity contribution in [2.75, 3.05) is 26.8 Å². The minimum atomic E-state index is -0.118. The number of rotatable bonds is 8. The Morgan fingerprint density at radius 3 is 2.63 bits per heavy atom. The summed E-state index contributed by atoms with van der Waals surface area (Å²) in [5.41, 5.74) is 0.930. The molecule has 1 saturated heterocycles. The maximum Gasteiger partial charge on any atom is 0.219 e. The van der Waals surface area contributed by atoms with Crippen molar-refractivity contribution in [3.63, 3.8) is 0 Å². The quantitative estimate of drug-likeness (QED) is 0.306. The van der Waals surface area contributed by atoms with Gasteiger partial charge >= 0.3 is 0 Å². The monoisotopic (exact) mass is 526 g/mol. The van der Waals surface area contributed by atoms with E-state index in [1.165, 1.54) is 0 Å². The van der Waals surface area contributed by atoms with E-state index >= 15 is 0 Å². The Kier molecular flexibility index (Phi) is 9.64. The first-order valence-corrected chi connectivity index (χ1v) is 10.0. The minimum absolute atomic E-state index is 0. The van der Waals surface area contributed by atoms with Crippen LogP contribution < -0.4 is 20.1 Å². The Morgan fingerprint density at radius 2 is 1.97 bits per heavy atom.